The van der Waals surface area contributed by atoms with E-state index in [1.807, 2.05) is 0 Å². The van der Waals surface area contributed by atoms with Crippen molar-refractivity contribution in [3.63, 3.8) is 0 Å². The standard InChI is InChI=1S/C23H22F3N3O5.ClH/c1-2-33-22(31)13-3-5-16(6-4-13)34-23(32)20-7-8-28-29(20)21(30)11-15(27)9-14-10-18(25)19(26)12-17(14)24;/h3-6,8,10,12,15,20H,2,7,9,11,27H2,1H3;1H/t15-,20?;/m1./s1. The summed E-state index contributed by atoms with van der Waals surface area (Å²) in [5, 5.41) is 4.83. The molecule has 12 heteroatoms. The molecule has 2 atom stereocenters. The van der Waals surface area contributed by atoms with Crippen molar-refractivity contribution in [2.45, 2.75) is 38.3 Å². The van der Waals surface area contributed by atoms with Gasteiger partial charge in [-0.25, -0.2) is 27.8 Å². The van der Waals surface area contributed by atoms with Crippen LogP contribution in [0.25, 0.3) is 0 Å². The highest BCUT2D eigenvalue weighted by molar-refractivity contribution is 5.91. The first-order valence-corrected chi connectivity index (χ1v) is 10.4. The molecular formula is C23H23ClF3N3O5. The summed E-state index contributed by atoms with van der Waals surface area (Å²) in [5.74, 6) is -5.26. The number of hydrazone groups is 1. The van der Waals surface area contributed by atoms with Crippen molar-refractivity contribution in [2.75, 3.05) is 6.61 Å². The smallest absolute Gasteiger partial charge is 0.338 e. The summed E-state index contributed by atoms with van der Waals surface area (Å²) in [4.78, 5) is 36.9. The number of esters is 2. The van der Waals surface area contributed by atoms with E-state index in [0.717, 1.165) is 5.01 Å². The lowest BCUT2D eigenvalue weighted by Gasteiger charge is -2.22. The van der Waals surface area contributed by atoms with Crippen molar-refractivity contribution in [3.8, 4) is 5.75 Å². The first-order chi connectivity index (χ1) is 16.2. The number of hydrogen-bond acceptors (Lipinski definition) is 7. The van der Waals surface area contributed by atoms with Crippen LogP contribution in [0.2, 0.25) is 0 Å². The van der Waals surface area contributed by atoms with E-state index < -0.39 is 47.4 Å². The third kappa shape index (κ3) is 7.03. The Morgan fingerprint density at radius 3 is 2.43 bits per heavy atom. The van der Waals surface area contributed by atoms with Crippen molar-refractivity contribution >= 4 is 36.5 Å². The van der Waals surface area contributed by atoms with Gasteiger partial charge < -0.3 is 15.2 Å². The molecule has 1 aliphatic heterocycles. The Kier molecular flexibility index (Phi) is 9.78. The minimum absolute atomic E-state index is 0. The zero-order valence-electron chi connectivity index (χ0n) is 18.6. The molecule has 1 amide bonds. The molecular weight excluding hydrogens is 491 g/mol. The summed E-state index contributed by atoms with van der Waals surface area (Å²) in [6, 6.07) is 4.83. The normalized spacial score (nSPS) is 15.3. The Morgan fingerprint density at radius 1 is 1.11 bits per heavy atom. The second-order valence-corrected chi connectivity index (χ2v) is 7.48. The van der Waals surface area contributed by atoms with Gasteiger partial charge in [0.05, 0.1) is 12.2 Å². The van der Waals surface area contributed by atoms with Gasteiger partial charge in [-0.05, 0) is 49.2 Å². The van der Waals surface area contributed by atoms with E-state index in [1.54, 1.807) is 6.92 Å². The third-order valence-electron chi connectivity index (χ3n) is 4.95. The fourth-order valence-corrected chi connectivity index (χ4v) is 3.30. The Labute approximate surface area is 205 Å². The van der Waals surface area contributed by atoms with Crippen LogP contribution >= 0.6 is 12.4 Å². The maximum Gasteiger partial charge on any atom is 0.338 e. The predicted molar refractivity (Wildman–Crippen MR) is 122 cm³/mol. The molecule has 0 saturated carbocycles. The number of carbonyl (C=O) groups excluding carboxylic acids is 3. The lowest BCUT2D eigenvalue weighted by Crippen LogP contribution is -2.43. The van der Waals surface area contributed by atoms with Crippen LogP contribution in [-0.2, 0) is 20.7 Å². The first kappa shape index (κ1) is 27.8. The van der Waals surface area contributed by atoms with Gasteiger partial charge in [0.15, 0.2) is 17.7 Å². The van der Waals surface area contributed by atoms with Gasteiger partial charge in [0.25, 0.3) is 0 Å². The highest BCUT2D eigenvalue weighted by atomic mass is 35.5. The SMILES string of the molecule is CCOC(=O)c1ccc(OC(=O)C2CC=NN2C(=O)C[C@H](N)Cc2cc(F)c(F)cc2F)cc1.Cl. The summed E-state index contributed by atoms with van der Waals surface area (Å²) in [7, 11) is 0. The molecule has 35 heavy (non-hydrogen) atoms. The second kappa shape index (κ2) is 12.3. The van der Waals surface area contributed by atoms with E-state index in [1.165, 1.54) is 30.5 Å². The van der Waals surface area contributed by atoms with Crippen LogP contribution in [0.15, 0.2) is 41.5 Å². The van der Waals surface area contributed by atoms with Gasteiger partial charge in [-0.3, -0.25) is 4.79 Å². The molecule has 1 unspecified atom stereocenters. The Hall–Kier alpha value is -3.44. The van der Waals surface area contributed by atoms with Gasteiger partial charge in [-0.2, -0.15) is 5.10 Å². The lowest BCUT2D eigenvalue weighted by atomic mass is 10.0. The van der Waals surface area contributed by atoms with Crippen molar-refractivity contribution in [1.82, 2.24) is 5.01 Å². The van der Waals surface area contributed by atoms with Crippen LogP contribution < -0.4 is 10.5 Å². The molecule has 2 N–H and O–H groups in total. The number of rotatable bonds is 8. The average Bonchev–Trinajstić information content (AvgIpc) is 3.28. The minimum Gasteiger partial charge on any atom is -0.462 e. The third-order valence-corrected chi connectivity index (χ3v) is 4.95. The molecule has 0 spiro atoms. The quantitative estimate of drug-likeness (QED) is 0.330. The molecule has 0 fully saturated rings. The molecule has 8 nitrogen and oxygen atoms in total. The molecule has 0 aromatic heterocycles. The highest BCUT2D eigenvalue weighted by Gasteiger charge is 2.35. The van der Waals surface area contributed by atoms with Crippen molar-refractivity contribution in [1.29, 1.82) is 0 Å². The molecule has 1 aliphatic rings. The van der Waals surface area contributed by atoms with E-state index in [2.05, 4.69) is 5.10 Å². The van der Waals surface area contributed by atoms with Crippen LogP contribution in [0.4, 0.5) is 13.2 Å². The lowest BCUT2D eigenvalue weighted by molar-refractivity contribution is -0.147. The van der Waals surface area contributed by atoms with Crippen LogP contribution in [0.1, 0.15) is 35.7 Å². The van der Waals surface area contributed by atoms with Gasteiger partial charge >= 0.3 is 11.9 Å². The van der Waals surface area contributed by atoms with Crippen molar-refractivity contribution in [3.05, 3.63) is 65.0 Å². The maximum atomic E-state index is 13.8. The Bertz CT molecular complexity index is 1110. The zero-order chi connectivity index (χ0) is 24.8. The Morgan fingerprint density at radius 2 is 1.77 bits per heavy atom. The number of nitrogens with zero attached hydrogens (tertiary/aromatic N) is 2. The number of halogens is 4. The molecule has 0 saturated heterocycles. The topological polar surface area (TPSA) is 111 Å². The molecule has 0 bridgehead atoms. The molecule has 0 aliphatic carbocycles. The van der Waals surface area contributed by atoms with Crippen molar-refractivity contribution < 1.29 is 37.0 Å². The van der Waals surface area contributed by atoms with E-state index in [-0.39, 0.29) is 55.2 Å². The summed E-state index contributed by atoms with van der Waals surface area (Å²) < 4.78 is 50.5. The summed E-state index contributed by atoms with van der Waals surface area (Å²) in [6.45, 7) is 1.90. The molecule has 3 rings (SSSR count). The number of nitrogens with two attached hydrogens (primary N) is 1. The van der Waals surface area contributed by atoms with Crippen molar-refractivity contribution in [2.24, 2.45) is 10.8 Å². The van der Waals surface area contributed by atoms with E-state index in [0.29, 0.717) is 12.1 Å². The summed E-state index contributed by atoms with van der Waals surface area (Å²) >= 11 is 0. The van der Waals surface area contributed by atoms with E-state index >= 15 is 0 Å². The molecule has 2 aromatic rings. The fraction of sp³-hybridized carbons (Fsp3) is 0.304. The minimum atomic E-state index is -1.32. The van der Waals surface area contributed by atoms with Crippen LogP contribution in [-0.4, -0.2) is 47.8 Å². The number of carbonyl (C=O) groups is 3. The number of hydrogen-bond donors (Lipinski definition) is 1. The fourth-order valence-electron chi connectivity index (χ4n) is 3.30. The van der Waals surface area contributed by atoms with Gasteiger partial charge in [0.2, 0.25) is 5.91 Å². The number of benzene rings is 2. The van der Waals surface area contributed by atoms with Gasteiger partial charge in [-0.15, -0.1) is 12.4 Å². The largest absolute Gasteiger partial charge is 0.462 e. The molecule has 1 heterocycles. The van der Waals surface area contributed by atoms with Gasteiger partial charge in [0.1, 0.15) is 11.6 Å². The summed E-state index contributed by atoms with van der Waals surface area (Å²) in [6.07, 6.45) is 0.925. The summed E-state index contributed by atoms with van der Waals surface area (Å²) in [5.41, 5.74) is 6.01. The van der Waals surface area contributed by atoms with Crippen LogP contribution in [0.5, 0.6) is 5.75 Å². The predicted octanol–water partition coefficient (Wildman–Crippen LogP) is 3.15. The van der Waals surface area contributed by atoms with Gasteiger partial charge in [0, 0.05) is 31.2 Å². The zero-order valence-corrected chi connectivity index (χ0v) is 19.4. The number of amides is 1. The average molecular weight is 514 g/mol. The first-order valence-electron chi connectivity index (χ1n) is 10.4. The second-order valence-electron chi connectivity index (χ2n) is 7.48. The Balaban J connectivity index is 0.00000432. The monoisotopic (exact) mass is 513 g/mol. The highest BCUT2D eigenvalue weighted by Crippen LogP contribution is 2.20. The van der Waals surface area contributed by atoms with Crippen LogP contribution in [0, 0.1) is 17.5 Å². The maximum absolute atomic E-state index is 13.8. The molecule has 2 aromatic carbocycles. The molecule has 188 valence electrons. The van der Waals surface area contributed by atoms with Gasteiger partial charge in [-0.1, -0.05) is 0 Å². The molecule has 0 radical (unpaired) electrons. The van der Waals surface area contributed by atoms with E-state index in [9.17, 15) is 27.6 Å². The number of ether oxygens (including phenoxy) is 2. The van der Waals surface area contributed by atoms with Crippen LogP contribution in [0.3, 0.4) is 0 Å². The van der Waals surface area contributed by atoms with E-state index in [4.69, 9.17) is 15.2 Å².